The first-order valence-electron chi connectivity index (χ1n) is 6.26. The van der Waals surface area contributed by atoms with Crippen molar-refractivity contribution in [3.8, 4) is 0 Å². The molecular formula is C15H15BrN2O2S. The molecule has 0 aromatic heterocycles. The molecule has 0 spiro atoms. The van der Waals surface area contributed by atoms with Gasteiger partial charge in [0.25, 0.3) is 0 Å². The molecule has 0 aliphatic carbocycles. The molecule has 6 heteroatoms. The Balaban J connectivity index is 2.08. The van der Waals surface area contributed by atoms with Crippen LogP contribution >= 0.6 is 15.9 Å². The number of nitrogen functional groups attached to an aromatic ring is 1. The Morgan fingerprint density at radius 3 is 2.71 bits per heavy atom. The van der Waals surface area contributed by atoms with E-state index in [0.717, 1.165) is 10.0 Å². The summed E-state index contributed by atoms with van der Waals surface area (Å²) in [5.41, 5.74) is 7.75. The van der Waals surface area contributed by atoms with E-state index in [9.17, 15) is 9.00 Å². The maximum atomic E-state index is 12.3. The van der Waals surface area contributed by atoms with Crippen LogP contribution in [0.2, 0.25) is 0 Å². The molecule has 0 aliphatic rings. The number of anilines is 2. The molecule has 0 saturated carbocycles. The Labute approximate surface area is 134 Å². The summed E-state index contributed by atoms with van der Waals surface area (Å²) in [6.45, 7) is 1.85. The molecule has 1 unspecified atom stereocenters. The van der Waals surface area contributed by atoms with Crippen molar-refractivity contribution in [2.24, 2.45) is 0 Å². The molecule has 1 amide bonds. The van der Waals surface area contributed by atoms with Crippen LogP contribution in [0.1, 0.15) is 5.56 Å². The van der Waals surface area contributed by atoms with Gasteiger partial charge in [-0.2, -0.15) is 0 Å². The minimum absolute atomic E-state index is 0.106. The van der Waals surface area contributed by atoms with Crippen LogP contribution in [0.5, 0.6) is 0 Å². The van der Waals surface area contributed by atoms with E-state index in [2.05, 4.69) is 21.2 Å². The first-order chi connectivity index (χ1) is 9.97. The van der Waals surface area contributed by atoms with Crippen molar-refractivity contribution in [1.29, 1.82) is 0 Å². The van der Waals surface area contributed by atoms with Crippen molar-refractivity contribution >= 4 is 44.0 Å². The van der Waals surface area contributed by atoms with E-state index in [1.807, 2.05) is 25.1 Å². The number of nitrogens with two attached hydrogens (primary N) is 1. The second kappa shape index (κ2) is 6.87. The lowest BCUT2D eigenvalue weighted by atomic mass is 10.2. The lowest BCUT2D eigenvalue weighted by Crippen LogP contribution is -2.20. The molecule has 1 atom stereocenters. The molecule has 0 heterocycles. The Morgan fingerprint density at radius 2 is 2.00 bits per heavy atom. The number of para-hydroxylation sites is 1. The molecule has 2 rings (SSSR count). The minimum atomic E-state index is -1.42. The summed E-state index contributed by atoms with van der Waals surface area (Å²) in [5, 5.41) is 2.73. The van der Waals surface area contributed by atoms with Gasteiger partial charge in [-0.1, -0.05) is 18.2 Å². The van der Waals surface area contributed by atoms with Gasteiger partial charge in [-0.05, 0) is 52.7 Å². The topological polar surface area (TPSA) is 72.2 Å². The van der Waals surface area contributed by atoms with Gasteiger partial charge >= 0.3 is 0 Å². The lowest BCUT2D eigenvalue weighted by Gasteiger charge is -2.09. The van der Waals surface area contributed by atoms with Gasteiger partial charge in [0.05, 0.1) is 16.5 Å². The summed E-state index contributed by atoms with van der Waals surface area (Å²) in [6, 6.07) is 12.5. The first kappa shape index (κ1) is 15.7. The summed E-state index contributed by atoms with van der Waals surface area (Å²) in [6.07, 6.45) is 0. The van der Waals surface area contributed by atoms with Gasteiger partial charge in [-0.3, -0.25) is 9.00 Å². The number of carbonyl (C=O) groups is 1. The van der Waals surface area contributed by atoms with Gasteiger partial charge in [-0.25, -0.2) is 0 Å². The molecule has 2 aromatic rings. The van der Waals surface area contributed by atoms with Gasteiger partial charge in [-0.15, -0.1) is 0 Å². The molecule has 0 radical (unpaired) electrons. The van der Waals surface area contributed by atoms with Crippen molar-refractivity contribution in [1.82, 2.24) is 0 Å². The molecule has 3 N–H and O–H groups in total. The van der Waals surface area contributed by atoms with E-state index in [4.69, 9.17) is 5.73 Å². The number of benzene rings is 2. The van der Waals surface area contributed by atoms with E-state index in [0.29, 0.717) is 16.3 Å². The van der Waals surface area contributed by atoms with E-state index in [1.54, 1.807) is 24.3 Å². The minimum Gasteiger partial charge on any atom is -0.399 e. The zero-order valence-corrected chi connectivity index (χ0v) is 13.8. The fraction of sp³-hybridized carbons (Fsp3) is 0.133. The number of hydrogen-bond acceptors (Lipinski definition) is 3. The quantitative estimate of drug-likeness (QED) is 0.816. The van der Waals surface area contributed by atoms with Gasteiger partial charge in [0.2, 0.25) is 5.91 Å². The van der Waals surface area contributed by atoms with Gasteiger partial charge in [0, 0.05) is 15.1 Å². The Hall–Kier alpha value is -1.66. The molecule has 0 aliphatic heterocycles. The summed E-state index contributed by atoms with van der Waals surface area (Å²) >= 11 is 3.35. The second-order valence-electron chi connectivity index (χ2n) is 4.54. The van der Waals surface area contributed by atoms with E-state index < -0.39 is 10.8 Å². The standard InChI is InChI=1S/C15H15BrN2O2S/c1-10-6-7-11(17)8-14(10)21(20)9-15(19)18-13-5-3-2-4-12(13)16/h2-8H,9,17H2,1H3,(H,18,19). The highest BCUT2D eigenvalue weighted by atomic mass is 79.9. The van der Waals surface area contributed by atoms with Crippen LogP contribution in [0.3, 0.4) is 0 Å². The van der Waals surface area contributed by atoms with Crippen molar-refractivity contribution in [3.05, 3.63) is 52.5 Å². The SMILES string of the molecule is Cc1ccc(N)cc1S(=O)CC(=O)Nc1ccccc1Br. The zero-order valence-electron chi connectivity index (χ0n) is 11.4. The van der Waals surface area contributed by atoms with Crippen molar-refractivity contribution < 1.29 is 9.00 Å². The summed E-state index contributed by atoms with van der Waals surface area (Å²) in [7, 11) is -1.42. The monoisotopic (exact) mass is 366 g/mol. The molecular weight excluding hydrogens is 352 g/mol. The predicted octanol–water partition coefficient (Wildman–Crippen LogP) is 3.09. The van der Waals surface area contributed by atoms with Crippen molar-refractivity contribution in [3.63, 3.8) is 0 Å². The Morgan fingerprint density at radius 1 is 1.29 bits per heavy atom. The van der Waals surface area contributed by atoms with Crippen LogP contribution in [-0.2, 0) is 15.6 Å². The van der Waals surface area contributed by atoms with Crippen LogP contribution in [0.4, 0.5) is 11.4 Å². The fourth-order valence-electron chi connectivity index (χ4n) is 1.81. The number of aryl methyl sites for hydroxylation is 1. The van der Waals surface area contributed by atoms with Crippen LogP contribution in [0, 0.1) is 6.92 Å². The summed E-state index contributed by atoms with van der Waals surface area (Å²) in [5.74, 6) is -0.409. The highest BCUT2D eigenvalue weighted by Crippen LogP contribution is 2.21. The highest BCUT2D eigenvalue weighted by Gasteiger charge is 2.13. The molecule has 110 valence electrons. The van der Waals surface area contributed by atoms with Crippen LogP contribution in [0.25, 0.3) is 0 Å². The summed E-state index contributed by atoms with van der Waals surface area (Å²) < 4.78 is 13.1. The largest absolute Gasteiger partial charge is 0.399 e. The summed E-state index contributed by atoms with van der Waals surface area (Å²) in [4.78, 5) is 12.6. The smallest absolute Gasteiger partial charge is 0.237 e. The van der Waals surface area contributed by atoms with E-state index in [1.165, 1.54) is 0 Å². The predicted molar refractivity (Wildman–Crippen MR) is 89.6 cm³/mol. The second-order valence-corrected chi connectivity index (χ2v) is 6.82. The third-order valence-corrected chi connectivity index (χ3v) is 5.01. The van der Waals surface area contributed by atoms with Gasteiger partial charge < -0.3 is 11.1 Å². The average Bonchev–Trinajstić information content (AvgIpc) is 2.44. The number of nitrogens with one attached hydrogen (secondary N) is 1. The van der Waals surface area contributed by atoms with E-state index >= 15 is 0 Å². The molecule has 2 aromatic carbocycles. The maximum absolute atomic E-state index is 12.3. The van der Waals surface area contributed by atoms with Gasteiger partial charge in [0.1, 0.15) is 5.75 Å². The van der Waals surface area contributed by atoms with Crippen molar-refractivity contribution in [2.75, 3.05) is 16.8 Å². The fourth-order valence-corrected chi connectivity index (χ4v) is 3.35. The number of rotatable bonds is 4. The number of halogens is 1. The third-order valence-electron chi connectivity index (χ3n) is 2.87. The van der Waals surface area contributed by atoms with Crippen LogP contribution in [0.15, 0.2) is 51.8 Å². The molecule has 0 saturated heterocycles. The Kier molecular flexibility index (Phi) is 5.14. The van der Waals surface area contributed by atoms with Gasteiger partial charge in [0.15, 0.2) is 0 Å². The Bertz CT molecular complexity index is 704. The van der Waals surface area contributed by atoms with Crippen LogP contribution in [-0.4, -0.2) is 15.9 Å². The molecule has 0 bridgehead atoms. The number of hydrogen-bond donors (Lipinski definition) is 2. The first-order valence-corrected chi connectivity index (χ1v) is 8.37. The molecule has 4 nitrogen and oxygen atoms in total. The van der Waals surface area contributed by atoms with Crippen molar-refractivity contribution in [2.45, 2.75) is 11.8 Å². The average molecular weight is 367 g/mol. The highest BCUT2D eigenvalue weighted by molar-refractivity contribution is 9.10. The number of amides is 1. The number of carbonyl (C=O) groups excluding carboxylic acids is 1. The molecule has 21 heavy (non-hydrogen) atoms. The normalized spacial score (nSPS) is 11.9. The maximum Gasteiger partial charge on any atom is 0.237 e. The zero-order chi connectivity index (χ0) is 15.4. The lowest BCUT2D eigenvalue weighted by molar-refractivity contribution is -0.113. The van der Waals surface area contributed by atoms with Crippen LogP contribution < -0.4 is 11.1 Å². The third kappa shape index (κ3) is 4.15. The molecule has 0 fully saturated rings. The van der Waals surface area contributed by atoms with E-state index in [-0.39, 0.29) is 11.7 Å².